The SMILES string of the molecule is CCCCCCCCCCCCOC(=O)C1CCC(C2CCC(CC)CC2)CC1. The summed E-state index contributed by atoms with van der Waals surface area (Å²) < 4.78 is 5.62. The maximum atomic E-state index is 12.4. The van der Waals surface area contributed by atoms with Crippen molar-refractivity contribution in [3.63, 3.8) is 0 Å². The Bertz CT molecular complexity index is 403. The van der Waals surface area contributed by atoms with E-state index in [2.05, 4.69) is 13.8 Å². The third-order valence-corrected chi connectivity index (χ3v) is 7.98. The molecule has 2 aliphatic carbocycles. The van der Waals surface area contributed by atoms with Gasteiger partial charge in [-0.25, -0.2) is 0 Å². The van der Waals surface area contributed by atoms with Gasteiger partial charge < -0.3 is 4.74 Å². The van der Waals surface area contributed by atoms with Crippen LogP contribution in [0.15, 0.2) is 0 Å². The standard InChI is InChI=1S/C27H50O2/c1-3-5-6-7-8-9-10-11-12-13-22-29-27(28)26-20-18-25(19-21-26)24-16-14-23(4-2)15-17-24/h23-26H,3-22H2,1-2H3. The van der Waals surface area contributed by atoms with Gasteiger partial charge in [0.2, 0.25) is 0 Å². The first kappa shape index (κ1) is 24.7. The predicted molar refractivity (Wildman–Crippen MR) is 124 cm³/mol. The summed E-state index contributed by atoms with van der Waals surface area (Å²) in [5, 5.41) is 0. The monoisotopic (exact) mass is 406 g/mol. The normalized spacial score (nSPS) is 27.7. The van der Waals surface area contributed by atoms with Crippen molar-refractivity contribution in [2.75, 3.05) is 6.61 Å². The van der Waals surface area contributed by atoms with E-state index in [4.69, 9.17) is 4.74 Å². The number of carbonyl (C=O) groups is 1. The summed E-state index contributed by atoms with van der Waals surface area (Å²) in [5.41, 5.74) is 0. The molecule has 0 atom stereocenters. The Morgan fingerprint density at radius 1 is 0.655 bits per heavy atom. The molecule has 0 bridgehead atoms. The number of unbranched alkanes of at least 4 members (excludes halogenated alkanes) is 9. The molecule has 0 aliphatic heterocycles. The highest BCUT2D eigenvalue weighted by atomic mass is 16.5. The summed E-state index contributed by atoms with van der Waals surface area (Å²) in [6.45, 7) is 5.27. The molecule has 0 saturated heterocycles. The number of hydrogen-bond acceptors (Lipinski definition) is 2. The van der Waals surface area contributed by atoms with E-state index in [1.54, 1.807) is 0 Å². The van der Waals surface area contributed by atoms with E-state index in [1.165, 1.54) is 103 Å². The second-order valence-corrected chi connectivity index (χ2v) is 10.2. The number of ether oxygens (including phenoxy) is 1. The molecular weight excluding hydrogens is 356 g/mol. The van der Waals surface area contributed by atoms with Gasteiger partial charge in [-0.2, -0.15) is 0 Å². The van der Waals surface area contributed by atoms with E-state index >= 15 is 0 Å². The Morgan fingerprint density at radius 3 is 1.66 bits per heavy atom. The van der Waals surface area contributed by atoms with Crippen LogP contribution in [0.25, 0.3) is 0 Å². The quantitative estimate of drug-likeness (QED) is 0.213. The lowest BCUT2D eigenvalue weighted by molar-refractivity contribution is -0.150. The lowest BCUT2D eigenvalue weighted by atomic mass is 9.69. The summed E-state index contributed by atoms with van der Waals surface area (Å²) in [5.74, 6) is 3.12. The third kappa shape index (κ3) is 9.88. The summed E-state index contributed by atoms with van der Waals surface area (Å²) in [6.07, 6.45) is 25.1. The van der Waals surface area contributed by atoms with Gasteiger partial charge in [-0.15, -0.1) is 0 Å². The van der Waals surface area contributed by atoms with Crippen LogP contribution in [-0.4, -0.2) is 12.6 Å². The molecule has 0 amide bonds. The molecule has 2 nitrogen and oxygen atoms in total. The topological polar surface area (TPSA) is 26.3 Å². The molecule has 170 valence electrons. The van der Waals surface area contributed by atoms with E-state index < -0.39 is 0 Å². The highest BCUT2D eigenvalue weighted by Gasteiger charge is 2.33. The first-order chi connectivity index (χ1) is 14.2. The Kier molecular flexibility index (Phi) is 13.0. The van der Waals surface area contributed by atoms with Gasteiger partial charge in [0.05, 0.1) is 12.5 Å². The van der Waals surface area contributed by atoms with Crippen molar-refractivity contribution < 1.29 is 9.53 Å². The number of esters is 1. The average molecular weight is 407 g/mol. The van der Waals surface area contributed by atoms with Crippen molar-refractivity contribution >= 4 is 5.97 Å². The second kappa shape index (κ2) is 15.3. The lowest BCUT2D eigenvalue weighted by Gasteiger charge is -2.37. The van der Waals surface area contributed by atoms with Gasteiger partial charge in [-0.1, -0.05) is 90.9 Å². The van der Waals surface area contributed by atoms with Crippen LogP contribution in [0, 0.1) is 23.7 Å². The van der Waals surface area contributed by atoms with E-state index in [0.717, 1.165) is 37.0 Å². The zero-order valence-electron chi connectivity index (χ0n) is 19.8. The molecule has 2 fully saturated rings. The summed E-state index contributed by atoms with van der Waals surface area (Å²) in [7, 11) is 0. The molecule has 29 heavy (non-hydrogen) atoms. The fraction of sp³-hybridized carbons (Fsp3) is 0.963. The van der Waals surface area contributed by atoms with Crippen molar-refractivity contribution in [2.45, 2.75) is 136 Å². The molecule has 0 spiro atoms. The number of hydrogen-bond donors (Lipinski definition) is 0. The van der Waals surface area contributed by atoms with Gasteiger partial charge in [-0.05, 0) is 62.7 Å². The first-order valence-electron chi connectivity index (χ1n) is 13.4. The number of rotatable bonds is 14. The van der Waals surface area contributed by atoms with Crippen molar-refractivity contribution in [3.05, 3.63) is 0 Å². The van der Waals surface area contributed by atoms with E-state index in [-0.39, 0.29) is 11.9 Å². The van der Waals surface area contributed by atoms with Crippen LogP contribution in [0.4, 0.5) is 0 Å². The van der Waals surface area contributed by atoms with Crippen LogP contribution in [0.5, 0.6) is 0 Å². The largest absolute Gasteiger partial charge is 0.465 e. The molecule has 0 heterocycles. The molecule has 2 aliphatic rings. The Labute approximate surface area is 181 Å². The van der Waals surface area contributed by atoms with Gasteiger partial charge in [0, 0.05) is 0 Å². The maximum Gasteiger partial charge on any atom is 0.308 e. The zero-order chi connectivity index (χ0) is 20.7. The lowest BCUT2D eigenvalue weighted by Crippen LogP contribution is -2.29. The van der Waals surface area contributed by atoms with Crippen LogP contribution in [0.3, 0.4) is 0 Å². The van der Waals surface area contributed by atoms with Gasteiger partial charge >= 0.3 is 5.97 Å². The molecule has 0 aromatic rings. The molecule has 2 heteroatoms. The molecule has 0 aromatic heterocycles. The average Bonchev–Trinajstić information content (AvgIpc) is 2.77. The zero-order valence-corrected chi connectivity index (χ0v) is 19.8. The maximum absolute atomic E-state index is 12.4. The smallest absolute Gasteiger partial charge is 0.308 e. The van der Waals surface area contributed by atoms with E-state index in [0.29, 0.717) is 6.61 Å². The third-order valence-electron chi connectivity index (χ3n) is 7.98. The molecular formula is C27H50O2. The predicted octanol–water partition coefficient (Wildman–Crippen LogP) is 8.47. The minimum absolute atomic E-state index is 0.106. The van der Waals surface area contributed by atoms with Crippen LogP contribution in [0.2, 0.25) is 0 Å². The summed E-state index contributed by atoms with van der Waals surface area (Å²) in [6, 6.07) is 0. The molecule has 0 radical (unpaired) electrons. The van der Waals surface area contributed by atoms with Crippen molar-refractivity contribution in [1.82, 2.24) is 0 Å². The van der Waals surface area contributed by atoms with Gasteiger partial charge in [0.1, 0.15) is 0 Å². The molecule has 2 saturated carbocycles. The number of carbonyl (C=O) groups excluding carboxylic acids is 1. The van der Waals surface area contributed by atoms with Crippen LogP contribution >= 0.6 is 0 Å². The molecule has 2 rings (SSSR count). The minimum Gasteiger partial charge on any atom is -0.465 e. The van der Waals surface area contributed by atoms with Crippen molar-refractivity contribution in [2.24, 2.45) is 23.7 Å². The Morgan fingerprint density at radius 2 is 1.14 bits per heavy atom. The fourth-order valence-corrected chi connectivity index (χ4v) is 5.77. The van der Waals surface area contributed by atoms with Crippen LogP contribution in [-0.2, 0) is 9.53 Å². The van der Waals surface area contributed by atoms with E-state index in [1.807, 2.05) is 0 Å². The fourth-order valence-electron chi connectivity index (χ4n) is 5.77. The van der Waals surface area contributed by atoms with Gasteiger partial charge in [-0.3, -0.25) is 4.79 Å². The van der Waals surface area contributed by atoms with Crippen molar-refractivity contribution in [3.8, 4) is 0 Å². The highest BCUT2D eigenvalue weighted by molar-refractivity contribution is 5.72. The van der Waals surface area contributed by atoms with Crippen molar-refractivity contribution in [1.29, 1.82) is 0 Å². The van der Waals surface area contributed by atoms with Crippen LogP contribution < -0.4 is 0 Å². The van der Waals surface area contributed by atoms with Gasteiger partial charge in [0.15, 0.2) is 0 Å². The molecule has 0 aromatic carbocycles. The Balaban J connectivity index is 1.44. The second-order valence-electron chi connectivity index (χ2n) is 10.2. The highest BCUT2D eigenvalue weighted by Crippen LogP contribution is 2.42. The summed E-state index contributed by atoms with van der Waals surface area (Å²) in [4.78, 5) is 12.4. The minimum atomic E-state index is 0.106. The van der Waals surface area contributed by atoms with E-state index in [9.17, 15) is 4.79 Å². The van der Waals surface area contributed by atoms with Gasteiger partial charge in [0.25, 0.3) is 0 Å². The Hall–Kier alpha value is -0.530. The molecule has 0 N–H and O–H groups in total. The van der Waals surface area contributed by atoms with Crippen LogP contribution in [0.1, 0.15) is 136 Å². The summed E-state index contributed by atoms with van der Waals surface area (Å²) >= 11 is 0. The molecule has 0 unspecified atom stereocenters. The first-order valence-corrected chi connectivity index (χ1v) is 13.4.